The maximum atomic E-state index is 3.52. The molecule has 2 nitrogen and oxygen atoms in total. The lowest BCUT2D eigenvalue weighted by Gasteiger charge is -2.30. The summed E-state index contributed by atoms with van der Waals surface area (Å²) in [6.45, 7) is 11.1. The van der Waals surface area contributed by atoms with Gasteiger partial charge in [-0.2, -0.15) is 0 Å². The van der Waals surface area contributed by atoms with Crippen LogP contribution in [0.2, 0.25) is 0 Å². The van der Waals surface area contributed by atoms with Crippen LogP contribution in [-0.2, 0) is 0 Å². The molecular formula is C19H26N2S. The van der Waals surface area contributed by atoms with Gasteiger partial charge in [0, 0.05) is 29.4 Å². The molecule has 118 valence electrons. The number of nitrogens with zero attached hydrogens (tertiary/aromatic N) is 1. The van der Waals surface area contributed by atoms with Gasteiger partial charge in [0.25, 0.3) is 0 Å². The largest absolute Gasteiger partial charge is 0.315 e. The zero-order valence-corrected chi connectivity index (χ0v) is 14.7. The topological polar surface area (TPSA) is 15.3 Å². The first-order valence-electron chi connectivity index (χ1n) is 8.23. The first-order valence-corrected chi connectivity index (χ1v) is 9.04. The Bertz CT molecular complexity index is 604. The minimum absolute atomic E-state index is 0.400. The van der Waals surface area contributed by atoms with E-state index in [1.165, 1.54) is 39.4 Å². The molecule has 22 heavy (non-hydrogen) atoms. The Balaban J connectivity index is 2.01. The van der Waals surface area contributed by atoms with Gasteiger partial charge in [0.2, 0.25) is 0 Å². The molecule has 1 aromatic heterocycles. The Morgan fingerprint density at radius 1 is 1.00 bits per heavy atom. The summed E-state index contributed by atoms with van der Waals surface area (Å²) in [7, 11) is 0. The summed E-state index contributed by atoms with van der Waals surface area (Å²) in [5.74, 6) is 0. The van der Waals surface area contributed by atoms with Crippen molar-refractivity contribution in [1.29, 1.82) is 0 Å². The van der Waals surface area contributed by atoms with Gasteiger partial charge in [-0.25, -0.2) is 0 Å². The van der Waals surface area contributed by atoms with Crippen molar-refractivity contribution >= 4 is 11.3 Å². The lowest BCUT2D eigenvalue weighted by Crippen LogP contribution is -2.32. The van der Waals surface area contributed by atoms with Crippen LogP contribution >= 0.6 is 11.3 Å². The molecule has 2 aromatic rings. The highest BCUT2D eigenvalue weighted by molar-refractivity contribution is 7.12. The average molecular weight is 314 g/mol. The van der Waals surface area contributed by atoms with Gasteiger partial charge in [-0.05, 0) is 51.4 Å². The fourth-order valence-electron chi connectivity index (χ4n) is 3.45. The highest BCUT2D eigenvalue weighted by atomic mass is 32.1. The van der Waals surface area contributed by atoms with E-state index in [1.54, 1.807) is 0 Å². The van der Waals surface area contributed by atoms with E-state index in [0.717, 1.165) is 19.6 Å². The van der Waals surface area contributed by atoms with Gasteiger partial charge in [-0.15, -0.1) is 11.3 Å². The third kappa shape index (κ3) is 3.60. The van der Waals surface area contributed by atoms with Crippen LogP contribution in [0.15, 0.2) is 30.3 Å². The van der Waals surface area contributed by atoms with Gasteiger partial charge >= 0.3 is 0 Å². The number of aryl methyl sites for hydroxylation is 3. The van der Waals surface area contributed by atoms with E-state index in [0.29, 0.717) is 6.04 Å². The standard InChI is InChI=1S/C19H26N2S/c1-14-11-15(2)13-17(12-14)19(18-6-5-16(3)22-18)21-9-4-7-20-8-10-21/h5-6,11-13,19-20H,4,7-10H2,1-3H3. The predicted octanol–water partition coefficient (Wildman–Crippen LogP) is 4.06. The molecule has 0 bridgehead atoms. The molecule has 1 N–H and O–H groups in total. The molecule has 1 fully saturated rings. The normalized spacial score (nSPS) is 18.1. The second-order valence-electron chi connectivity index (χ2n) is 6.41. The molecule has 0 spiro atoms. The van der Waals surface area contributed by atoms with Crippen LogP contribution in [0.3, 0.4) is 0 Å². The van der Waals surface area contributed by atoms with Crippen molar-refractivity contribution in [1.82, 2.24) is 10.2 Å². The smallest absolute Gasteiger partial charge is 0.0696 e. The predicted molar refractivity (Wildman–Crippen MR) is 95.9 cm³/mol. The lowest BCUT2D eigenvalue weighted by molar-refractivity contribution is 0.244. The van der Waals surface area contributed by atoms with Gasteiger partial charge in [-0.1, -0.05) is 29.3 Å². The fourth-order valence-corrected chi connectivity index (χ4v) is 4.49. The quantitative estimate of drug-likeness (QED) is 0.919. The van der Waals surface area contributed by atoms with Crippen molar-refractivity contribution < 1.29 is 0 Å². The number of thiophene rings is 1. The minimum atomic E-state index is 0.400. The second kappa shape index (κ2) is 6.95. The van der Waals surface area contributed by atoms with Crippen molar-refractivity contribution in [2.75, 3.05) is 26.2 Å². The van der Waals surface area contributed by atoms with E-state index in [4.69, 9.17) is 0 Å². The van der Waals surface area contributed by atoms with Crippen LogP contribution in [0.25, 0.3) is 0 Å². The summed E-state index contributed by atoms with van der Waals surface area (Å²) in [5.41, 5.74) is 4.17. The molecule has 0 radical (unpaired) electrons. The third-order valence-corrected chi connectivity index (χ3v) is 5.38. The number of benzene rings is 1. The van der Waals surface area contributed by atoms with Gasteiger partial charge in [0.05, 0.1) is 6.04 Å². The van der Waals surface area contributed by atoms with Crippen molar-refractivity contribution in [3.8, 4) is 0 Å². The zero-order chi connectivity index (χ0) is 15.5. The average Bonchev–Trinajstić information content (AvgIpc) is 2.72. The van der Waals surface area contributed by atoms with E-state index in [-0.39, 0.29) is 0 Å². The van der Waals surface area contributed by atoms with Gasteiger partial charge in [0.1, 0.15) is 0 Å². The Morgan fingerprint density at radius 2 is 1.77 bits per heavy atom. The maximum Gasteiger partial charge on any atom is 0.0696 e. The van der Waals surface area contributed by atoms with E-state index in [2.05, 4.69) is 61.3 Å². The van der Waals surface area contributed by atoms with Crippen LogP contribution in [-0.4, -0.2) is 31.1 Å². The van der Waals surface area contributed by atoms with Gasteiger partial charge < -0.3 is 5.32 Å². The Morgan fingerprint density at radius 3 is 2.45 bits per heavy atom. The summed E-state index contributed by atoms with van der Waals surface area (Å²) in [4.78, 5) is 5.53. The Labute approximate surface area is 138 Å². The molecule has 1 atom stereocenters. The van der Waals surface area contributed by atoms with Crippen molar-refractivity contribution in [2.45, 2.75) is 33.2 Å². The molecule has 1 saturated heterocycles. The molecule has 1 aliphatic rings. The second-order valence-corrected chi connectivity index (χ2v) is 7.73. The first kappa shape index (κ1) is 15.7. The van der Waals surface area contributed by atoms with Crippen molar-refractivity contribution in [2.24, 2.45) is 0 Å². The Hall–Kier alpha value is -1.16. The molecule has 3 heteroatoms. The number of hydrogen-bond acceptors (Lipinski definition) is 3. The molecule has 0 aliphatic carbocycles. The summed E-state index contributed by atoms with van der Waals surface area (Å²) in [6.07, 6.45) is 1.23. The monoisotopic (exact) mass is 314 g/mol. The van der Waals surface area contributed by atoms with Crippen molar-refractivity contribution in [3.63, 3.8) is 0 Å². The van der Waals surface area contributed by atoms with E-state index >= 15 is 0 Å². The van der Waals surface area contributed by atoms with Crippen LogP contribution in [0.1, 0.15) is 38.9 Å². The number of rotatable bonds is 3. The molecule has 0 saturated carbocycles. The molecule has 2 heterocycles. The van der Waals surface area contributed by atoms with Crippen LogP contribution < -0.4 is 5.32 Å². The zero-order valence-electron chi connectivity index (χ0n) is 13.9. The molecule has 3 rings (SSSR count). The minimum Gasteiger partial charge on any atom is -0.315 e. The summed E-state index contributed by atoms with van der Waals surface area (Å²) in [6, 6.07) is 12.0. The number of hydrogen-bond donors (Lipinski definition) is 1. The molecule has 1 aliphatic heterocycles. The fraction of sp³-hybridized carbons (Fsp3) is 0.474. The van der Waals surface area contributed by atoms with E-state index in [9.17, 15) is 0 Å². The molecule has 0 amide bonds. The lowest BCUT2D eigenvalue weighted by atomic mass is 9.98. The molecular weight excluding hydrogens is 288 g/mol. The highest BCUT2D eigenvalue weighted by Crippen LogP contribution is 2.34. The summed E-state index contributed by atoms with van der Waals surface area (Å²) < 4.78 is 0. The first-order chi connectivity index (χ1) is 10.6. The Kier molecular flexibility index (Phi) is 4.97. The summed E-state index contributed by atoms with van der Waals surface area (Å²) >= 11 is 1.94. The van der Waals surface area contributed by atoms with Crippen molar-refractivity contribution in [3.05, 3.63) is 56.8 Å². The van der Waals surface area contributed by atoms with Crippen LogP contribution in [0.4, 0.5) is 0 Å². The third-order valence-electron chi connectivity index (χ3n) is 4.33. The highest BCUT2D eigenvalue weighted by Gasteiger charge is 2.24. The van der Waals surface area contributed by atoms with E-state index in [1.807, 2.05) is 11.3 Å². The van der Waals surface area contributed by atoms with Gasteiger partial charge in [-0.3, -0.25) is 4.90 Å². The van der Waals surface area contributed by atoms with Crippen LogP contribution in [0.5, 0.6) is 0 Å². The van der Waals surface area contributed by atoms with Gasteiger partial charge in [0.15, 0.2) is 0 Å². The van der Waals surface area contributed by atoms with Crippen LogP contribution in [0, 0.1) is 20.8 Å². The number of nitrogens with one attached hydrogen (secondary N) is 1. The van der Waals surface area contributed by atoms with E-state index < -0.39 is 0 Å². The molecule has 1 aromatic carbocycles. The summed E-state index contributed by atoms with van der Waals surface area (Å²) in [5, 5.41) is 3.52. The maximum absolute atomic E-state index is 3.52. The SMILES string of the molecule is Cc1cc(C)cc(C(c2ccc(C)s2)N2CCCNCC2)c1. The molecule has 1 unspecified atom stereocenters.